The van der Waals surface area contributed by atoms with Gasteiger partial charge in [-0.25, -0.2) is 0 Å². The first-order chi connectivity index (χ1) is 0. The maximum atomic E-state index is 0. The van der Waals surface area contributed by atoms with Crippen molar-refractivity contribution in [3.05, 3.63) is 0 Å². The summed E-state index contributed by atoms with van der Waals surface area (Å²) in [6.07, 6.45) is 0. The van der Waals surface area contributed by atoms with Crippen molar-refractivity contribution in [2.24, 2.45) is 0 Å². The Bertz CT molecular complexity index is 8.00. The summed E-state index contributed by atoms with van der Waals surface area (Å²) in [6.45, 7) is 0. The first kappa shape index (κ1) is 59.0. The zero-order chi connectivity index (χ0) is 0. The van der Waals surface area contributed by atoms with Gasteiger partial charge in [-0.1, -0.05) is 0 Å². The molecule has 0 bridgehead atoms. The van der Waals surface area contributed by atoms with Crippen molar-refractivity contribution >= 4 is 11.0 Å². The molecule has 0 saturated carbocycles. The molecular formula is H3MnNSiV. The predicted octanol–water partition coefficient (Wildman–Crippen LogP) is -0.224. The molecule has 1 nitrogen and oxygen atoms in total. The SMILES string of the molecule is N.[Mn].[Si].[V]. The first-order valence-electron chi connectivity index (χ1n) is 0. The van der Waals surface area contributed by atoms with E-state index in [-0.39, 0.29) is 52.7 Å². The van der Waals surface area contributed by atoms with E-state index in [2.05, 4.69) is 0 Å². The molecule has 0 fully saturated rings. The first-order valence-corrected chi connectivity index (χ1v) is 0. The third-order valence-corrected chi connectivity index (χ3v) is 0. The molecule has 0 saturated heterocycles. The summed E-state index contributed by atoms with van der Waals surface area (Å²) in [5.74, 6) is 0. The largest absolute Gasteiger partial charge is 0.344 e. The molecule has 0 unspecified atom stereocenters. The molecule has 24 valence electrons. The van der Waals surface area contributed by atoms with Crippen LogP contribution in [0.4, 0.5) is 0 Å². The monoisotopic (exact) mass is 151 g/mol. The van der Waals surface area contributed by atoms with E-state index in [4.69, 9.17) is 0 Å². The molecule has 0 atom stereocenters. The summed E-state index contributed by atoms with van der Waals surface area (Å²) in [4.78, 5) is 0. The van der Waals surface area contributed by atoms with Crippen LogP contribution >= 0.6 is 0 Å². The van der Waals surface area contributed by atoms with E-state index in [1.807, 2.05) is 0 Å². The minimum atomic E-state index is 0. The van der Waals surface area contributed by atoms with E-state index in [0.717, 1.165) is 0 Å². The van der Waals surface area contributed by atoms with Gasteiger partial charge in [-0.05, 0) is 0 Å². The second-order valence-electron chi connectivity index (χ2n) is 0. The second-order valence-corrected chi connectivity index (χ2v) is 0. The van der Waals surface area contributed by atoms with Gasteiger partial charge < -0.3 is 6.15 Å². The Morgan fingerprint density at radius 2 is 1.00 bits per heavy atom. The van der Waals surface area contributed by atoms with Crippen LogP contribution in [0.3, 0.4) is 0 Å². The molecule has 6 radical (unpaired) electrons. The Hall–Kier alpha value is 1.28. The van der Waals surface area contributed by atoms with Crippen molar-refractivity contribution in [2.45, 2.75) is 0 Å². The molecule has 0 aliphatic carbocycles. The van der Waals surface area contributed by atoms with Crippen molar-refractivity contribution in [1.29, 1.82) is 0 Å². The van der Waals surface area contributed by atoms with Gasteiger partial charge in [0.2, 0.25) is 0 Å². The van der Waals surface area contributed by atoms with E-state index in [1.54, 1.807) is 0 Å². The van der Waals surface area contributed by atoms with Gasteiger partial charge in [0, 0.05) is 46.6 Å². The van der Waals surface area contributed by atoms with Gasteiger partial charge in [-0.2, -0.15) is 0 Å². The van der Waals surface area contributed by atoms with Crippen LogP contribution in [0.5, 0.6) is 0 Å². The molecule has 0 aliphatic heterocycles. The molecular weight excluding hydrogens is 148 g/mol. The predicted molar refractivity (Wildman–Crippen MR) is 10.8 cm³/mol. The van der Waals surface area contributed by atoms with E-state index in [0.29, 0.717) is 0 Å². The van der Waals surface area contributed by atoms with Crippen LogP contribution < -0.4 is 6.15 Å². The smallest absolute Gasteiger partial charge is 0 e. The minimum Gasteiger partial charge on any atom is -0.344 e. The van der Waals surface area contributed by atoms with Crippen LogP contribution in [0, 0.1) is 0 Å². The molecule has 0 amide bonds. The van der Waals surface area contributed by atoms with Gasteiger partial charge in [-0.3, -0.25) is 0 Å². The summed E-state index contributed by atoms with van der Waals surface area (Å²) in [7, 11) is 0. The number of hydrogen-bond acceptors (Lipinski definition) is 1. The maximum absolute atomic E-state index is 0. The van der Waals surface area contributed by atoms with Crippen molar-refractivity contribution < 1.29 is 35.6 Å². The normalized spacial score (nSPS) is 0. The summed E-state index contributed by atoms with van der Waals surface area (Å²) in [6, 6.07) is 0. The Kier molecular flexibility index (Phi) is 414. The molecule has 0 aromatic carbocycles. The standard InChI is InChI=1S/Mn.H3N.Si.V/h;1H3;;. The zero-order valence-corrected chi connectivity index (χ0v) is 5.61. The summed E-state index contributed by atoms with van der Waals surface area (Å²) in [5.41, 5.74) is 0. The molecule has 0 aromatic heterocycles. The van der Waals surface area contributed by atoms with Gasteiger partial charge >= 0.3 is 0 Å². The van der Waals surface area contributed by atoms with Gasteiger partial charge in [0.1, 0.15) is 0 Å². The maximum Gasteiger partial charge on any atom is 0 e. The molecule has 0 aliphatic rings. The Morgan fingerprint density at radius 1 is 1.00 bits per heavy atom. The molecule has 0 heterocycles. The Morgan fingerprint density at radius 3 is 1.00 bits per heavy atom. The summed E-state index contributed by atoms with van der Waals surface area (Å²) >= 11 is 0. The van der Waals surface area contributed by atoms with E-state index < -0.39 is 0 Å². The number of hydrogen-bond donors (Lipinski definition) is 1. The van der Waals surface area contributed by atoms with Crippen molar-refractivity contribution in [2.75, 3.05) is 0 Å². The molecule has 3 N–H and O–H groups in total. The second kappa shape index (κ2) is 28.1. The van der Waals surface area contributed by atoms with Crippen LogP contribution in [0.15, 0.2) is 0 Å². The Labute approximate surface area is 52.9 Å². The quantitative estimate of drug-likeness (QED) is 0.477. The van der Waals surface area contributed by atoms with Crippen LogP contribution in [0.1, 0.15) is 0 Å². The fourth-order valence-corrected chi connectivity index (χ4v) is 0. The van der Waals surface area contributed by atoms with Crippen LogP contribution in [-0.4, -0.2) is 11.0 Å². The fourth-order valence-electron chi connectivity index (χ4n) is 0. The van der Waals surface area contributed by atoms with Crippen LogP contribution in [-0.2, 0) is 35.6 Å². The third-order valence-electron chi connectivity index (χ3n) is 0. The molecule has 4 heavy (non-hydrogen) atoms. The topological polar surface area (TPSA) is 35.0 Å². The summed E-state index contributed by atoms with van der Waals surface area (Å²) in [5, 5.41) is 0. The van der Waals surface area contributed by atoms with Crippen LogP contribution in [0.2, 0.25) is 0 Å². The third kappa shape index (κ3) is 10.4. The van der Waals surface area contributed by atoms with E-state index in [9.17, 15) is 0 Å². The van der Waals surface area contributed by atoms with Crippen molar-refractivity contribution in [1.82, 2.24) is 6.15 Å². The fraction of sp³-hybridized carbons (Fsp3) is 0. The van der Waals surface area contributed by atoms with E-state index in [1.165, 1.54) is 0 Å². The van der Waals surface area contributed by atoms with Crippen LogP contribution in [0.25, 0.3) is 0 Å². The van der Waals surface area contributed by atoms with Crippen molar-refractivity contribution in [3.63, 3.8) is 0 Å². The van der Waals surface area contributed by atoms with Gasteiger partial charge in [0.05, 0.1) is 0 Å². The molecule has 0 spiro atoms. The van der Waals surface area contributed by atoms with Gasteiger partial charge in [0.25, 0.3) is 0 Å². The average molecular weight is 151 g/mol. The summed E-state index contributed by atoms with van der Waals surface area (Å²) < 4.78 is 0. The number of rotatable bonds is 0. The van der Waals surface area contributed by atoms with Gasteiger partial charge in [-0.15, -0.1) is 0 Å². The van der Waals surface area contributed by atoms with Gasteiger partial charge in [0.15, 0.2) is 0 Å². The average Bonchev–Trinajstić information content (AvgIpc) is 0. The molecule has 0 rings (SSSR count). The molecule has 0 aromatic rings. The Balaban J connectivity index is 0. The zero-order valence-electron chi connectivity index (χ0n) is 2.03. The van der Waals surface area contributed by atoms with Crippen molar-refractivity contribution in [3.8, 4) is 0 Å². The molecule has 4 heteroatoms. The minimum absolute atomic E-state index is 0. The van der Waals surface area contributed by atoms with E-state index >= 15 is 0 Å².